The van der Waals surface area contributed by atoms with Crippen LogP contribution in [0.25, 0.3) is 0 Å². The van der Waals surface area contributed by atoms with Gasteiger partial charge < -0.3 is 14.9 Å². The van der Waals surface area contributed by atoms with Crippen molar-refractivity contribution in [2.75, 3.05) is 6.61 Å². The van der Waals surface area contributed by atoms with Crippen molar-refractivity contribution in [1.29, 1.82) is 0 Å². The van der Waals surface area contributed by atoms with Crippen LogP contribution in [0.15, 0.2) is 36.1 Å². The average Bonchev–Trinajstić information content (AvgIpc) is 3.07. The minimum absolute atomic E-state index is 0.000287. The van der Waals surface area contributed by atoms with E-state index in [0.717, 1.165) is 25.7 Å². The maximum absolute atomic E-state index is 11.4. The number of hydrogen-bond acceptors (Lipinski definition) is 4. The Bertz CT molecular complexity index is 558. The zero-order valence-electron chi connectivity index (χ0n) is 13.2. The van der Waals surface area contributed by atoms with E-state index in [4.69, 9.17) is 4.74 Å². The molecule has 1 unspecified atom stereocenters. The van der Waals surface area contributed by atoms with E-state index in [1.54, 1.807) is 31.2 Å². The molecule has 0 bridgehead atoms. The van der Waals surface area contributed by atoms with E-state index in [0.29, 0.717) is 11.3 Å². The molecule has 0 heterocycles. The highest BCUT2D eigenvalue weighted by atomic mass is 16.5. The van der Waals surface area contributed by atoms with Crippen LogP contribution in [-0.2, 0) is 0 Å². The van der Waals surface area contributed by atoms with Crippen molar-refractivity contribution in [2.45, 2.75) is 45.1 Å². The molecule has 0 spiro atoms. The van der Waals surface area contributed by atoms with Gasteiger partial charge in [-0.05, 0) is 50.8 Å². The van der Waals surface area contributed by atoms with Crippen molar-refractivity contribution in [3.63, 3.8) is 0 Å². The topological polar surface area (TPSA) is 66.8 Å². The summed E-state index contributed by atoms with van der Waals surface area (Å²) in [5.74, 6) is 0.447. The number of aliphatic hydroxyl groups excluding tert-OH is 1. The van der Waals surface area contributed by atoms with Crippen LogP contribution in [0.4, 0.5) is 0 Å². The molecule has 0 saturated heterocycles. The number of aliphatic hydroxyl groups is 2. The van der Waals surface area contributed by atoms with Crippen LogP contribution in [0.2, 0.25) is 0 Å². The number of ketones is 1. The van der Waals surface area contributed by atoms with Crippen LogP contribution < -0.4 is 4.74 Å². The van der Waals surface area contributed by atoms with Gasteiger partial charge in [-0.3, -0.25) is 4.79 Å². The number of allylic oxidation sites excluding steroid dienone is 1. The van der Waals surface area contributed by atoms with Crippen molar-refractivity contribution in [2.24, 2.45) is 5.92 Å². The third-order valence-electron chi connectivity index (χ3n) is 4.45. The van der Waals surface area contributed by atoms with Gasteiger partial charge in [-0.15, -0.1) is 0 Å². The Hall–Kier alpha value is -1.81. The minimum atomic E-state index is -1.36. The Morgan fingerprint density at radius 1 is 1.41 bits per heavy atom. The lowest BCUT2D eigenvalue weighted by atomic mass is 9.84. The first-order chi connectivity index (χ1) is 10.5. The largest absolute Gasteiger partial charge is 0.509 e. The fourth-order valence-corrected chi connectivity index (χ4v) is 3.05. The zero-order valence-corrected chi connectivity index (χ0v) is 13.2. The van der Waals surface area contributed by atoms with Crippen molar-refractivity contribution in [3.05, 3.63) is 41.7 Å². The molecule has 0 radical (unpaired) electrons. The van der Waals surface area contributed by atoms with Crippen LogP contribution in [0.5, 0.6) is 5.75 Å². The molecule has 4 nitrogen and oxygen atoms in total. The maximum Gasteiger partial charge on any atom is 0.159 e. The number of carbonyl (C=O) groups excluding carboxylic acids is 1. The van der Waals surface area contributed by atoms with Gasteiger partial charge in [-0.1, -0.05) is 25.0 Å². The molecule has 0 amide bonds. The van der Waals surface area contributed by atoms with Crippen LogP contribution >= 0.6 is 0 Å². The van der Waals surface area contributed by atoms with Gasteiger partial charge in [0.25, 0.3) is 0 Å². The van der Waals surface area contributed by atoms with Crippen molar-refractivity contribution >= 4 is 5.78 Å². The molecule has 1 aromatic rings. The Balaban J connectivity index is 2.14. The van der Waals surface area contributed by atoms with Gasteiger partial charge in [0.15, 0.2) is 11.4 Å². The summed E-state index contributed by atoms with van der Waals surface area (Å²) in [6.07, 6.45) is 5.40. The summed E-state index contributed by atoms with van der Waals surface area (Å²) in [5, 5.41) is 21.0. The number of hydrogen-bond donors (Lipinski definition) is 2. The fraction of sp³-hybridized carbons (Fsp3) is 0.500. The molecular formula is C18H24O4. The summed E-state index contributed by atoms with van der Waals surface area (Å²) in [6, 6.07) is 6.87. The molecule has 0 aliphatic heterocycles. The van der Waals surface area contributed by atoms with E-state index >= 15 is 0 Å². The molecule has 1 fully saturated rings. The molecule has 22 heavy (non-hydrogen) atoms. The molecule has 1 atom stereocenters. The summed E-state index contributed by atoms with van der Waals surface area (Å²) in [5.41, 5.74) is -0.797. The van der Waals surface area contributed by atoms with Gasteiger partial charge in [0, 0.05) is 5.56 Å². The molecule has 1 aromatic carbocycles. The third-order valence-corrected chi connectivity index (χ3v) is 4.45. The number of benzene rings is 1. The van der Waals surface area contributed by atoms with E-state index in [9.17, 15) is 15.0 Å². The Labute approximate surface area is 131 Å². The second-order valence-corrected chi connectivity index (χ2v) is 5.95. The van der Waals surface area contributed by atoms with E-state index in [1.165, 1.54) is 13.0 Å². The standard InChI is InChI=1S/C18H24O4/c1-3-17(20)18(21,15-8-4-5-9-15)12-22-16-10-6-7-14(11-16)13(2)19/h3,6-7,10-11,15,20-21H,4-5,8-9,12H2,1-2H3/b17-3+. The number of carbonyl (C=O) groups is 1. The highest BCUT2D eigenvalue weighted by molar-refractivity contribution is 5.94. The van der Waals surface area contributed by atoms with Crippen LogP contribution in [0.1, 0.15) is 49.9 Å². The molecule has 1 aliphatic rings. The monoisotopic (exact) mass is 304 g/mol. The molecule has 120 valence electrons. The smallest absolute Gasteiger partial charge is 0.159 e. The average molecular weight is 304 g/mol. The second-order valence-electron chi connectivity index (χ2n) is 5.95. The van der Waals surface area contributed by atoms with E-state index in [-0.39, 0.29) is 24.1 Å². The Morgan fingerprint density at radius 3 is 2.68 bits per heavy atom. The first-order valence-corrected chi connectivity index (χ1v) is 7.79. The highest BCUT2D eigenvalue weighted by Gasteiger charge is 2.42. The maximum atomic E-state index is 11.4. The van der Waals surface area contributed by atoms with E-state index in [1.807, 2.05) is 0 Å². The predicted octanol–water partition coefficient (Wildman–Crippen LogP) is 3.65. The fourth-order valence-electron chi connectivity index (χ4n) is 3.05. The van der Waals surface area contributed by atoms with Gasteiger partial charge in [-0.25, -0.2) is 0 Å². The summed E-state index contributed by atoms with van der Waals surface area (Å²) >= 11 is 0. The van der Waals surface area contributed by atoms with Gasteiger partial charge in [-0.2, -0.15) is 0 Å². The number of ether oxygens (including phenoxy) is 1. The molecule has 1 saturated carbocycles. The third kappa shape index (κ3) is 3.50. The van der Waals surface area contributed by atoms with Gasteiger partial charge in [0.1, 0.15) is 18.1 Å². The zero-order chi connectivity index (χ0) is 16.2. The Morgan fingerprint density at radius 2 is 2.09 bits per heavy atom. The van der Waals surface area contributed by atoms with Crippen LogP contribution in [-0.4, -0.2) is 28.2 Å². The molecular weight excluding hydrogens is 280 g/mol. The Kier molecular flexibility index (Phi) is 5.24. The predicted molar refractivity (Wildman–Crippen MR) is 85.2 cm³/mol. The van der Waals surface area contributed by atoms with Crippen molar-refractivity contribution in [3.8, 4) is 5.75 Å². The minimum Gasteiger partial charge on any atom is -0.509 e. The van der Waals surface area contributed by atoms with E-state index < -0.39 is 5.60 Å². The quantitative estimate of drug-likeness (QED) is 0.622. The van der Waals surface area contributed by atoms with Gasteiger partial charge >= 0.3 is 0 Å². The number of Topliss-reactive ketones (excluding diaryl/α,β-unsaturated/α-hetero) is 1. The highest BCUT2D eigenvalue weighted by Crippen LogP contribution is 2.38. The van der Waals surface area contributed by atoms with Gasteiger partial charge in [0.05, 0.1) is 0 Å². The second kappa shape index (κ2) is 6.97. The van der Waals surface area contributed by atoms with E-state index in [2.05, 4.69) is 0 Å². The van der Waals surface area contributed by atoms with Crippen molar-refractivity contribution < 1.29 is 19.7 Å². The normalized spacial score (nSPS) is 19.0. The molecule has 2 N–H and O–H groups in total. The summed E-state index contributed by atoms with van der Waals surface area (Å²) in [4.78, 5) is 11.4. The lowest BCUT2D eigenvalue weighted by Crippen LogP contribution is -2.44. The molecule has 4 heteroatoms. The first kappa shape index (κ1) is 16.6. The lowest BCUT2D eigenvalue weighted by molar-refractivity contribution is -0.0498. The molecule has 2 rings (SSSR count). The summed E-state index contributed by atoms with van der Waals surface area (Å²) in [7, 11) is 0. The van der Waals surface area contributed by atoms with Crippen molar-refractivity contribution in [1.82, 2.24) is 0 Å². The summed E-state index contributed by atoms with van der Waals surface area (Å²) < 4.78 is 5.69. The van der Waals surface area contributed by atoms with Gasteiger partial charge in [0.2, 0.25) is 0 Å². The molecule has 1 aliphatic carbocycles. The lowest BCUT2D eigenvalue weighted by Gasteiger charge is -2.33. The van der Waals surface area contributed by atoms with Crippen LogP contribution in [0.3, 0.4) is 0 Å². The van der Waals surface area contributed by atoms with Crippen LogP contribution in [0, 0.1) is 5.92 Å². The molecule has 0 aromatic heterocycles. The first-order valence-electron chi connectivity index (χ1n) is 7.79. The number of rotatable bonds is 6. The summed E-state index contributed by atoms with van der Waals surface area (Å²) in [6.45, 7) is 3.18. The SMILES string of the molecule is C/C=C(/O)C(O)(COc1cccc(C(C)=O)c1)C1CCCC1.